The molecule has 4 aliphatic carbocycles. The van der Waals surface area contributed by atoms with Gasteiger partial charge in [-0.25, -0.2) is 0 Å². The minimum absolute atomic E-state index is 0.0200. The first-order valence-corrected chi connectivity index (χ1v) is 16.7. The molecule has 2 amide bonds. The number of hydrogen-bond acceptors (Lipinski definition) is 8. The van der Waals surface area contributed by atoms with E-state index in [1.54, 1.807) is 23.1 Å². The summed E-state index contributed by atoms with van der Waals surface area (Å²) in [5.74, 6) is 1.64. The van der Waals surface area contributed by atoms with E-state index in [4.69, 9.17) is 9.47 Å². The number of Topliss-reactive ketones (excluding diaryl/α,β-unsaturated/α-hetero) is 1. The van der Waals surface area contributed by atoms with E-state index >= 15 is 0 Å². The summed E-state index contributed by atoms with van der Waals surface area (Å²) in [6.07, 6.45) is 3.69. The molecule has 4 aliphatic rings. The second kappa shape index (κ2) is 14.9. The molecule has 0 saturated heterocycles. The van der Waals surface area contributed by atoms with E-state index in [1.807, 2.05) is 0 Å². The number of nitrogens with zero attached hydrogens (tertiary/aromatic N) is 1. The van der Waals surface area contributed by atoms with Crippen LogP contribution in [0.5, 0.6) is 11.5 Å². The van der Waals surface area contributed by atoms with Gasteiger partial charge >= 0.3 is 0 Å². The number of ketones is 1. The predicted octanol–water partition coefficient (Wildman–Crippen LogP) is 3.37. The van der Waals surface area contributed by atoms with Crippen LogP contribution in [0.15, 0.2) is 23.8 Å². The van der Waals surface area contributed by atoms with Gasteiger partial charge in [-0.2, -0.15) is 0 Å². The number of ether oxygens (including phenoxy) is 2. The Morgan fingerprint density at radius 1 is 1.16 bits per heavy atom. The summed E-state index contributed by atoms with van der Waals surface area (Å²) < 4.78 is 12.6. The number of rotatable bonds is 14. The highest BCUT2D eigenvalue weighted by Crippen LogP contribution is 2.61. The van der Waals surface area contributed by atoms with Crippen molar-refractivity contribution in [2.24, 2.45) is 23.2 Å². The lowest BCUT2D eigenvalue weighted by Gasteiger charge is -2.61. The summed E-state index contributed by atoms with van der Waals surface area (Å²) in [6, 6.07) is 2.67. The first-order valence-electron chi connectivity index (χ1n) is 15.6. The lowest BCUT2D eigenvalue weighted by atomic mass is 9.45. The standard InChI is InChI=1S/C33H47IN2O8/c1-19(39)6-5-7-29(40)36(17-21-8-9-23-16-24(21)33(23,2)3)26-14-22(32(42)35-10-11-37)15-27(30(26)41)44-31-25(34)12-20(18-38)13-28(31)43-4/h12-13,15,21,23-24,26-27,30,37-38,41H,5-11,14,16-18H2,1-4H3,(H,35,42). The molecule has 3 saturated carbocycles. The number of halogens is 1. The monoisotopic (exact) mass is 726 g/mol. The number of aliphatic hydroxyl groups excluding tert-OH is 3. The number of fused-ring (bicyclic) bond motifs is 2. The minimum atomic E-state index is -1.16. The first-order chi connectivity index (χ1) is 20.9. The summed E-state index contributed by atoms with van der Waals surface area (Å²) in [4.78, 5) is 40.6. The van der Waals surface area contributed by atoms with Gasteiger partial charge in [0.25, 0.3) is 0 Å². The van der Waals surface area contributed by atoms with Crippen LogP contribution in [0.3, 0.4) is 0 Å². The van der Waals surface area contributed by atoms with Gasteiger partial charge in [0.1, 0.15) is 18.0 Å². The number of carbonyl (C=O) groups excluding carboxylic acids is 3. The van der Waals surface area contributed by atoms with Crippen LogP contribution >= 0.6 is 22.6 Å². The molecule has 0 spiro atoms. The fraction of sp³-hybridized carbons (Fsp3) is 0.667. The van der Waals surface area contributed by atoms with Crippen molar-refractivity contribution in [3.05, 3.63) is 32.9 Å². The number of carbonyl (C=O) groups is 3. The average Bonchev–Trinajstić information content (AvgIpc) is 3.00. The second-order valence-electron chi connectivity index (χ2n) is 13.1. The van der Waals surface area contributed by atoms with E-state index < -0.39 is 24.2 Å². The van der Waals surface area contributed by atoms with E-state index in [-0.39, 0.29) is 55.6 Å². The van der Waals surface area contributed by atoms with Crippen molar-refractivity contribution < 1.29 is 39.2 Å². The number of benzene rings is 1. The van der Waals surface area contributed by atoms with Gasteiger partial charge < -0.3 is 39.8 Å². The van der Waals surface area contributed by atoms with Crippen LogP contribution in [0.1, 0.15) is 71.3 Å². The molecule has 0 aromatic heterocycles. The molecule has 6 atom stereocenters. The number of aliphatic hydroxyl groups is 3. The molecule has 6 unspecified atom stereocenters. The molecule has 0 radical (unpaired) electrons. The summed E-state index contributed by atoms with van der Waals surface area (Å²) in [5.41, 5.74) is 1.19. The van der Waals surface area contributed by atoms with Crippen molar-refractivity contribution in [2.45, 2.75) is 90.6 Å². The Morgan fingerprint density at radius 3 is 2.52 bits per heavy atom. The number of nitrogens with one attached hydrogen (secondary N) is 1. The van der Waals surface area contributed by atoms with Crippen molar-refractivity contribution >= 4 is 40.2 Å². The largest absolute Gasteiger partial charge is 0.493 e. The summed E-state index contributed by atoms with van der Waals surface area (Å²) in [7, 11) is 1.49. The van der Waals surface area contributed by atoms with Gasteiger partial charge in [-0.1, -0.05) is 13.8 Å². The van der Waals surface area contributed by atoms with Crippen LogP contribution in [0.4, 0.5) is 0 Å². The predicted molar refractivity (Wildman–Crippen MR) is 173 cm³/mol. The lowest BCUT2D eigenvalue weighted by Crippen LogP contribution is -2.59. The molecule has 244 valence electrons. The van der Waals surface area contributed by atoms with Gasteiger partial charge in [0, 0.05) is 37.9 Å². The Morgan fingerprint density at radius 2 is 1.91 bits per heavy atom. The van der Waals surface area contributed by atoms with E-state index in [1.165, 1.54) is 14.0 Å². The highest BCUT2D eigenvalue weighted by molar-refractivity contribution is 14.1. The SMILES string of the molecule is COc1cc(CO)cc(I)c1OC1C=C(C(=O)NCCO)CC(N(CC2CCC3CC2C3(C)C)C(=O)CCCC(C)=O)C1O. The molecule has 5 rings (SSSR count). The van der Waals surface area contributed by atoms with Gasteiger partial charge in [-0.3, -0.25) is 9.59 Å². The first kappa shape index (κ1) is 34.6. The van der Waals surface area contributed by atoms with Crippen molar-refractivity contribution in [3.8, 4) is 11.5 Å². The summed E-state index contributed by atoms with van der Waals surface area (Å²) in [6.45, 7) is 6.24. The zero-order chi connectivity index (χ0) is 32.2. The second-order valence-corrected chi connectivity index (χ2v) is 14.2. The molecule has 44 heavy (non-hydrogen) atoms. The molecular weight excluding hydrogens is 679 g/mol. The van der Waals surface area contributed by atoms with E-state index in [0.717, 1.165) is 19.3 Å². The molecule has 11 heteroatoms. The Labute approximate surface area is 273 Å². The number of methoxy groups -OCH3 is 1. The van der Waals surface area contributed by atoms with Crippen LogP contribution in [-0.4, -0.2) is 82.9 Å². The van der Waals surface area contributed by atoms with Crippen LogP contribution in [-0.2, 0) is 21.0 Å². The van der Waals surface area contributed by atoms with Crippen LogP contribution < -0.4 is 14.8 Å². The van der Waals surface area contributed by atoms with Crippen LogP contribution in [0.2, 0.25) is 0 Å². The van der Waals surface area contributed by atoms with Crippen molar-refractivity contribution in [3.63, 3.8) is 0 Å². The summed E-state index contributed by atoms with van der Waals surface area (Å²) in [5, 5.41) is 33.6. The van der Waals surface area contributed by atoms with Crippen molar-refractivity contribution in [1.29, 1.82) is 0 Å². The Balaban J connectivity index is 1.68. The maximum absolute atomic E-state index is 13.9. The maximum atomic E-state index is 13.9. The fourth-order valence-electron chi connectivity index (χ4n) is 7.38. The van der Waals surface area contributed by atoms with E-state index in [9.17, 15) is 29.7 Å². The number of hydrogen-bond donors (Lipinski definition) is 4. The highest BCUT2D eigenvalue weighted by atomic mass is 127. The molecule has 1 aromatic rings. The van der Waals surface area contributed by atoms with E-state index in [2.05, 4.69) is 41.8 Å². The average molecular weight is 727 g/mol. The lowest BCUT2D eigenvalue weighted by molar-refractivity contribution is -0.148. The molecule has 3 fully saturated rings. The third kappa shape index (κ3) is 7.59. The van der Waals surface area contributed by atoms with Crippen LogP contribution in [0, 0.1) is 26.7 Å². The smallest absolute Gasteiger partial charge is 0.247 e. The Bertz CT molecular complexity index is 1250. The number of amides is 2. The zero-order valence-electron chi connectivity index (χ0n) is 26.2. The fourth-order valence-corrected chi connectivity index (χ4v) is 8.18. The Hall–Kier alpha value is -2.22. The normalized spacial score (nSPS) is 27.0. The molecule has 1 aromatic carbocycles. The molecule has 4 N–H and O–H groups in total. The molecule has 0 heterocycles. The summed E-state index contributed by atoms with van der Waals surface area (Å²) >= 11 is 2.08. The van der Waals surface area contributed by atoms with E-state index in [0.29, 0.717) is 57.4 Å². The molecule has 2 bridgehead atoms. The van der Waals surface area contributed by atoms with Gasteiger partial charge in [0.2, 0.25) is 11.8 Å². The third-order valence-corrected chi connectivity index (χ3v) is 10.8. The van der Waals surface area contributed by atoms with Crippen molar-refractivity contribution in [2.75, 3.05) is 26.8 Å². The minimum Gasteiger partial charge on any atom is -0.493 e. The van der Waals surface area contributed by atoms with Gasteiger partial charge in [0.05, 0.1) is 29.9 Å². The highest BCUT2D eigenvalue weighted by Gasteiger charge is 2.55. The van der Waals surface area contributed by atoms with Crippen molar-refractivity contribution in [1.82, 2.24) is 10.2 Å². The molecular formula is C33H47IN2O8. The van der Waals surface area contributed by atoms with Gasteiger partial charge in [0.15, 0.2) is 11.5 Å². The van der Waals surface area contributed by atoms with Gasteiger partial charge in [-0.05, 0) is 102 Å². The molecule has 10 nitrogen and oxygen atoms in total. The van der Waals surface area contributed by atoms with Gasteiger partial charge in [-0.15, -0.1) is 0 Å². The third-order valence-electron chi connectivity index (χ3n) is 10.0. The Kier molecular flexibility index (Phi) is 11.7. The van der Waals surface area contributed by atoms with Crippen LogP contribution in [0.25, 0.3) is 0 Å². The quantitative estimate of drug-likeness (QED) is 0.214. The topological polar surface area (TPSA) is 146 Å². The maximum Gasteiger partial charge on any atom is 0.247 e. The molecule has 0 aliphatic heterocycles. The zero-order valence-corrected chi connectivity index (χ0v) is 28.3.